The Morgan fingerprint density at radius 3 is 3.00 bits per heavy atom. The number of aromatic nitrogens is 1. The molecule has 0 aromatic carbocycles. The van der Waals surface area contributed by atoms with Crippen molar-refractivity contribution >= 4 is 11.8 Å². The molecule has 1 N–H and O–H groups in total. The number of hydrogen-bond donors (Lipinski definition) is 1. The third-order valence-corrected chi connectivity index (χ3v) is 5.04. The van der Waals surface area contributed by atoms with Crippen LogP contribution in [0, 0.1) is 0 Å². The molecule has 4 heteroatoms. The summed E-state index contributed by atoms with van der Waals surface area (Å²) in [6.07, 6.45) is 8.83. The Hall–Kier alpha value is -0.740. The van der Waals surface area contributed by atoms with E-state index in [1.807, 2.05) is 12.4 Å². The molecule has 0 radical (unpaired) electrons. The summed E-state index contributed by atoms with van der Waals surface area (Å²) in [5, 5.41) is 4.29. The topological polar surface area (TPSA) is 34.1 Å². The van der Waals surface area contributed by atoms with E-state index in [-0.39, 0.29) is 0 Å². The van der Waals surface area contributed by atoms with Crippen LogP contribution in [0.3, 0.4) is 0 Å². The molecule has 2 atom stereocenters. The summed E-state index contributed by atoms with van der Waals surface area (Å²) in [4.78, 5) is 4.36. The number of hydrogen-bond acceptors (Lipinski definition) is 4. The van der Waals surface area contributed by atoms with Crippen LogP contribution in [0.15, 0.2) is 18.5 Å². The van der Waals surface area contributed by atoms with Crippen molar-refractivity contribution in [2.45, 2.75) is 50.8 Å². The highest BCUT2D eigenvalue weighted by Gasteiger charge is 2.25. The van der Waals surface area contributed by atoms with Gasteiger partial charge in [-0.2, -0.15) is 11.8 Å². The van der Waals surface area contributed by atoms with E-state index in [1.165, 1.54) is 30.6 Å². The highest BCUT2D eigenvalue weighted by Crippen LogP contribution is 2.35. The average Bonchev–Trinajstić information content (AvgIpc) is 2.52. The second-order valence-corrected chi connectivity index (χ2v) is 6.59. The summed E-state index contributed by atoms with van der Waals surface area (Å²) in [5.41, 5.74) is 1.26. The van der Waals surface area contributed by atoms with Gasteiger partial charge in [-0.05, 0) is 43.2 Å². The summed E-state index contributed by atoms with van der Waals surface area (Å²) in [5.74, 6) is 2.18. The molecule has 3 nitrogen and oxygen atoms in total. The summed E-state index contributed by atoms with van der Waals surface area (Å²) in [6, 6.07) is 2.55. The number of pyridine rings is 1. The molecule has 0 bridgehead atoms. The van der Waals surface area contributed by atoms with Gasteiger partial charge in [-0.1, -0.05) is 20.3 Å². The van der Waals surface area contributed by atoms with Gasteiger partial charge in [0, 0.05) is 17.5 Å². The highest BCUT2D eigenvalue weighted by atomic mass is 32.2. The average molecular weight is 294 g/mol. The Labute approximate surface area is 126 Å². The van der Waals surface area contributed by atoms with Gasteiger partial charge < -0.3 is 10.1 Å². The summed E-state index contributed by atoms with van der Waals surface area (Å²) >= 11 is 2.10. The first kappa shape index (κ1) is 15.6. The molecule has 2 unspecified atom stereocenters. The Morgan fingerprint density at radius 1 is 1.40 bits per heavy atom. The quantitative estimate of drug-likeness (QED) is 0.829. The predicted molar refractivity (Wildman–Crippen MR) is 86.5 cm³/mol. The van der Waals surface area contributed by atoms with E-state index in [2.05, 4.69) is 42.0 Å². The fourth-order valence-electron chi connectivity index (χ4n) is 2.62. The van der Waals surface area contributed by atoms with Crippen molar-refractivity contribution in [1.82, 2.24) is 10.3 Å². The number of nitrogens with one attached hydrogen (secondary N) is 1. The molecule has 0 spiro atoms. The third-order valence-electron chi connectivity index (χ3n) is 3.58. The van der Waals surface area contributed by atoms with E-state index in [9.17, 15) is 0 Å². The SMILES string of the molecule is CCCOc1cncc(C(NCC)C2CCCCS2)c1. The zero-order valence-electron chi connectivity index (χ0n) is 12.6. The first-order chi connectivity index (χ1) is 9.85. The largest absolute Gasteiger partial charge is 0.492 e. The van der Waals surface area contributed by atoms with E-state index in [4.69, 9.17) is 4.74 Å². The van der Waals surface area contributed by atoms with Crippen LogP contribution < -0.4 is 10.1 Å². The third kappa shape index (κ3) is 4.38. The fourth-order valence-corrected chi connectivity index (χ4v) is 4.07. The zero-order chi connectivity index (χ0) is 14.2. The predicted octanol–water partition coefficient (Wildman–Crippen LogP) is 3.81. The van der Waals surface area contributed by atoms with Gasteiger partial charge in [0.25, 0.3) is 0 Å². The first-order valence-corrected chi connectivity index (χ1v) is 8.82. The lowest BCUT2D eigenvalue weighted by Crippen LogP contribution is -2.31. The number of rotatable bonds is 7. The Kier molecular flexibility index (Phi) is 6.67. The molecule has 20 heavy (non-hydrogen) atoms. The molecule has 112 valence electrons. The number of nitrogens with zero attached hydrogens (tertiary/aromatic N) is 1. The lowest BCUT2D eigenvalue weighted by molar-refractivity contribution is 0.315. The van der Waals surface area contributed by atoms with Crippen LogP contribution in [-0.2, 0) is 0 Å². The molecule has 1 fully saturated rings. The standard InChI is InChI=1S/C16H26N2OS/c1-3-8-19-14-10-13(11-17-12-14)16(18-4-2)15-7-5-6-9-20-15/h10-12,15-16,18H,3-9H2,1-2H3. The van der Waals surface area contributed by atoms with Gasteiger partial charge in [0.05, 0.1) is 12.8 Å². The van der Waals surface area contributed by atoms with Gasteiger partial charge in [0.1, 0.15) is 5.75 Å². The zero-order valence-corrected chi connectivity index (χ0v) is 13.4. The molecule has 0 aliphatic carbocycles. The maximum absolute atomic E-state index is 5.71. The maximum Gasteiger partial charge on any atom is 0.137 e. The van der Waals surface area contributed by atoms with Crippen LogP contribution in [0.2, 0.25) is 0 Å². The molecule has 1 aliphatic heterocycles. The monoisotopic (exact) mass is 294 g/mol. The Bertz CT molecular complexity index is 394. The second kappa shape index (κ2) is 8.53. The van der Waals surface area contributed by atoms with Crippen molar-refractivity contribution in [3.8, 4) is 5.75 Å². The highest BCUT2D eigenvalue weighted by molar-refractivity contribution is 8.00. The van der Waals surface area contributed by atoms with Gasteiger partial charge in [-0.15, -0.1) is 0 Å². The van der Waals surface area contributed by atoms with Crippen LogP contribution in [0.1, 0.15) is 51.1 Å². The van der Waals surface area contributed by atoms with Gasteiger partial charge in [0.15, 0.2) is 0 Å². The number of ether oxygens (including phenoxy) is 1. The van der Waals surface area contributed by atoms with E-state index in [0.717, 1.165) is 25.3 Å². The Balaban J connectivity index is 2.10. The smallest absolute Gasteiger partial charge is 0.137 e. The van der Waals surface area contributed by atoms with Crippen LogP contribution in [0.5, 0.6) is 5.75 Å². The van der Waals surface area contributed by atoms with Crippen LogP contribution in [0.25, 0.3) is 0 Å². The normalized spacial score (nSPS) is 20.6. The summed E-state index contributed by atoms with van der Waals surface area (Å²) in [6.45, 7) is 6.04. The summed E-state index contributed by atoms with van der Waals surface area (Å²) in [7, 11) is 0. The molecular formula is C16H26N2OS. The molecule has 2 heterocycles. The minimum Gasteiger partial charge on any atom is -0.492 e. The minimum atomic E-state index is 0.392. The van der Waals surface area contributed by atoms with Crippen LogP contribution in [0.4, 0.5) is 0 Å². The molecule has 1 aliphatic rings. The van der Waals surface area contributed by atoms with Crippen LogP contribution >= 0.6 is 11.8 Å². The van der Waals surface area contributed by atoms with Crippen LogP contribution in [-0.4, -0.2) is 29.1 Å². The van der Waals surface area contributed by atoms with Gasteiger partial charge >= 0.3 is 0 Å². The summed E-state index contributed by atoms with van der Waals surface area (Å²) < 4.78 is 5.71. The van der Waals surface area contributed by atoms with Crippen molar-refractivity contribution in [2.75, 3.05) is 18.9 Å². The van der Waals surface area contributed by atoms with Crippen molar-refractivity contribution in [2.24, 2.45) is 0 Å². The van der Waals surface area contributed by atoms with Gasteiger partial charge in [-0.3, -0.25) is 4.98 Å². The minimum absolute atomic E-state index is 0.392. The van der Waals surface area contributed by atoms with Crippen molar-refractivity contribution in [3.05, 3.63) is 24.0 Å². The lowest BCUT2D eigenvalue weighted by atomic mass is 10.0. The fraction of sp³-hybridized carbons (Fsp3) is 0.688. The molecule has 1 aromatic heterocycles. The van der Waals surface area contributed by atoms with Gasteiger partial charge in [0.2, 0.25) is 0 Å². The van der Waals surface area contributed by atoms with E-state index in [0.29, 0.717) is 11.3 Å². The van der Waals surface area contributed by atoms with Crippen molar-refractivity contribution in [1.29, 1.82) is 0 Å². The molecular weight excluding hydrogens is 268 g/mol. The Morgan fingerprint density at radius 2 is 2.30 bits per heavy atom. The molecule has 1 aromatic rings. The van der Waals surface area contributed by atoms with Crippen molar-refractivity contribution < 1.29 is 4.74 Å². The van der Waals surface area contributed by atoms with Gasteiger partial charge in [-0.25, -0.2) is 0 Å². The first-order valence-electron chi connectivity index (χ1n) is 7.77. The molecule has 0 saturated carbocycles. The number of thioether (sulfide) groups is 1. The van der Waals surface area contributed by atoms with E-state index >= 15 is 0 Å². The molecule has 0 amide bonds. The molecule has 1 saturated heterocycles. The lowest BCUT2D eigenvalue weighted by Gasteiger charge is -2.30. The van der Waals surface area contributed by atoms with E-state index in [1.54, 1.807) is 0 Å². The van der Waals surface area contributed by atoms with Crippen molar-refractivity contribution in [3.63, 3.8) is 0 Å². The molecule has 2 rings (SSSR count). The maximum atomic E-state index is 5.71. The second-order valence-electron chi connectivity index (χ2n) is 5.24. The van der Waals surface area contributed by atoms with E-state index < -0.39 is 0 Å².